The van der Waals surface area contributed by atoms with Crippen molar-refractivity contribution in [2.24, 2.45) is 0 Å². The summed E-state index contributed by atoms with van der Waals surface area (Å²) in [5.74, 6) is -0.113. The van der Waals surface area contributed by atoms with Gasteiger partial charge in [-0.25, -0.2) is 0 Å². The topological polar surface area (TPSA) is 46.6 Å². The molecule has 0 saturated heterocycles. The normalized spacial score (nSPS) is 10.3. The van der Waals surface area contributed by atoms with E-state index in [9.17, 15) is 9.59 Å². The molecule has 0 aliphatic heterocycles. The summed E-state index contributed by atoms with van der Waals surface area (Å²) in [7, 11) is 0. The Morgan fingerprint density at radius 3 is 2.41 bits per heavy atom. The van der Waals surface area contributed by atoms with Crippen LogP contribution in [0.4, 0.5) is 0 Å². The number of hydrogen-bond donors (Lipinski definition) is 0. The van der Waals surface area contributed by atoms with Gasteiger partial charge in [-0.05, 0) is 25.3 Å². The molecule has 0 bridgehead atoms. The van der Waals surface area contributed by atoms with Gasteiger partial charge in [-0.2, -0.15) is 0 Å². The van der Waals surface area contributed by atoms with Gasteiger partial charge < -0.3 is 9.64 Å². The number of amides is 1. The second-order valence-corrected chi connectivity index (χ2v) is 5.27. The zero-order valence-corrected chi connectivity index (χ0v) is 13.7. The molecule has 0 aliphatic rings. The lowest BCUT2D eigenvalue weighted by molar-refractivity contribution is -0.144. The van der Waals surface area contributed by atoms with Crippen LogP contribution in [0.15, 0.2) is 30.3 Å². The van der Waals surface area contributed by atoms with E-state index in [0.29, 0.717) is 26.1 Å². The van der Waals surface area contributed by atoms with Crippen LogP contribution in [0.5, 0.6) is 0 Å². The monoisotopic (exact) mass is 305 g/mol. The van der Waals surface area contributed by atoms with Gasteiger partial charge in [-0.1, -0.05) is 43.7 Å². The molecule has 0 atom stereocenters. The summed E-state index contributed by atoms with van der Waals surface area (Å²) in [6.45, 7) is 5.32. The summed E-state index contributed by atoms with van der Waals surface area (Å²) in [5, 5.41) is 0. The van der Waals surface area contributed by atoms with E-state index in [4.69, 9.17) is 4.74 Å². The fourth-order valence-corrected chi connectivity index (χ4v) is 2.22. The molecule has 1 amide bonds. The van der Waals surface area contributed by atoms with E-state index in [1.807, 2.05) is 18.2 Å². The van der Waals surface area contributed by atoms with E-state index < -0.39 is 0 Å². The lowest BCUT2D eigenvalue weighted by atomic mass is 10.1. The molecule has 122 valence electrons. The minimum absolute atomic E-state index is 0.127. The first-order valence-corrected chi connectivity index (χ1v) is 8.14. The van der Waals surface area contributed by atoms with Crippen LogP contribution in [0.2, 0.25) is 0 Å². The first kappa shape index (κ1) is 18.2. The van der Waals surface area contributed by atoms with Crippen molar-refractivity contribution in [2.45, 2.75) is 46.0 Å². The van der Waals surface area contributed by atoms with Crippen molar-refractivity contribution in [1.29, 1.82) is 0 Å². The molecule has 0 fully saturated rings. The Balaban J connectivity index is 2.53. The molecule has 0 aromatic heterocycles. The third-order valence-electron chi connectivity index (χ3n) is 3.50. The summed E-state index contributed by atoms with van der Waals surface area (Å²) in [5.41, 5.74) is 1.20. The van der Waals surface area contributed by atoms with Crippen LogP contribution in [0.1, 0.15) is 45.1 Å². The summed E-state index contributed by atoms with van der Waals surface area (Å²) in [4.78, 5) is 25.6. The molecular formula is C18H27NO3. The summed E-state index contributed by atoms with van der Waals surface area (Å²) < 4.78 is 4.94. The molecule has 4 heteroatoms. The number of ether oxygens (including phenoxy) is 1. The van der Waals surface area contributed by atoms with Crippen LogP contribution < -0.4 is 0 Å². The number of nitrogens with zero attached hydrogens (tertiary/aromatic N) is 1. The maximum Gasteiger partial charge on any atom is 0.307 e. The average Bonchev–Trinajstić information content (AvgIpc) is 2.54. The molecular weight excluding hydrogens is 278 g/mol. The van der Waals surface area contributed by atoms with Crippen LogP contribution in [0, 0.1) is 0 Å². The smallest absolute Gasteiger partial charge is 0.307 e. The van der Waals surface area contributed by atoms with Gasteiger partial charge in [0.25, 0.3) is 0 Å². The average molecular weight is 305 g/mol. The highest BCUT2D eigenvalue weighted by Gasteiger charge is 2.15. The Hall–Kier alpha value is -1.84. The Bertz CT molecular complexity index is 445. The number of unbranched alkanes of at least 4 members (excludes halogenated alkanes) is 1. The van der Waals surface area contributed by atoms with Crippen molar-refractivity contribution in [3.8, 4) is 0 Å². The molecule has 0 spiro atoms. The molecule has 1 aromatic carbocycles. The number of esters is 1. The van der Waals surface area contributed by atoms with Crippen molar-refractivity contribution in [2.75, 3.05) is 19.7 Å². The molecule has 0 saturated carbocycles. The third kappa shape index (κ3) is 7.25. The van der Waals surface area contributed by atoms with Gasteiger partial charge >= 0.3 is 5.97 Å². The number of rotatable bonds is 10. The van der Waals surface area contributed by atoms with Crippen molar-refractivity contribution in [3.05, 3.63) is 35.9 Å². The molecule has 1 aromatic rings. The van der Waals surface area contributed by atoms with E-state index in [1.165, 1.54) is 5.56 Å². The highest BCUT2D eigenvalue weighted by Crippen LogP contribution is 2.06. The van der Waals surface area contributed by atoms with Crippen LogP contribution in [0.3, 0.4) is 0 Å². The molecule has 1 rings (SSSR count). The second kappa shape index (κ2) is 10.8. The lowest BCUT2D eigenvalue weighted by Gasteiger charge is -2.22. The van der Waals surface area contributed by atoms with Crippen LogP contribution in [-0.2, 0) is 20.7 Å². The van der Waals surface area contributed by atoms with E-state index in [1.54, 1.807) is 11.8 Å². The third-order valence-corrected chi connectivity index (χ3v) is 3.50. The van der Waals surface area contributed by atoms with Crippen molar-refractivity contribution in [3.63, 3.8) is 0 Å². The highest BCUT2D eigenvalue weighted by molar-refractivity contribution is 5.77. The van der Waals surface area contributed by atoms with Gasteiger partial charge in [-0.15, -0.1) is 0 Å². The first-order valence-electron chi connectivity index (χ1n) is 8.14. The molecule has 0 heterocycles. The van der Waals surface area contributed by atoms with Crippen molar-refractivity contribution >= 4 is 11.9 Å². The van der Waals surface area contributed by atoms with Crippen LogP contribution >= 0.6 is 0 Å². The zero-order valence-electron chi connectivity index (χ0n) is 13.7. The largest absolute Gasteiger partial charge is 0.466 e. The van der Waals surface area contributed by atoms with Gasteiger partial charge in [-0.3, -0.25) is 9.59 Å². The molecule has 0 radical (unpaired) electrons. The summed E-state index contributed by atoms with van der Waals surface area (Å²) in [6.07, 6.45) is 3.51. The zero-order chi connectivity index (χ0) is 16.2. The Kier molecular flexibility index (Phi) is 8.96. The SMILES string of the molecule is CCCCC(=O)N(CCC(=O)OCC)CCc1ccccc1. The van der Waals surface area contributed by atoms with Crippen molar-refractivity contribution in [1.82, 2.24) is 4.90 Å². The summed E-state index contributed by atoms with van der Waals surface area (Å²) in [6, 6.07) is 10.1. The fourth-order valence-electron chi connectivity index (χ4n) is 2.22. The van der Waals surface area contributed by atoms with Crippen LogP contribution in [0.25, 0.3) is 0 Å². The minimum Gasteiger partial charge on any atom is -0.466 e. The van der Waals surface area contributed by atoms with E-state index in [-0.39, 0.29) is 18.3 Å². The van der Waals surface area contributed by atoms with Crippen molar-refractivity contribution < 1.29 is 14.3 Å². The maximum atomic E-state index is 12.3. The fraction of sp³-hybridized carbons (Fsp3) is 0.556. The molecule has 22 heavy (non-hydrogen) atoms. The predicted octanol–water partition coefficient (Wildman–Crippen LogP) is 3.20. The number of hydrogen-bond acceptors (Lipinski definition) is 3. The number of carbonyl (C=O) groups is 2. The van der Waals surface area contributed by atoms with Gasteiger partial charge in [0.2, 0.25) is 5.91 Å². The molecule has 4 nitrogen and oxygen atoms in total. The number of carbonyl (C=O) groups excluding carboxylic acids is 2. The standard InChI is InChI=1S/C18H27NO3/c1-3-5-11-17(20)19(15-13-18(21)22-4-2)14-12-16-9-7-6-8-10-16/h6-10H,3-5,11-15H2,1-2H3. The Labute approximate surface area is 133 Å². The molecule has 0 aliphatic carbocycles. The lowest BCUT2D eigenvalue weighted by Crippen LogP contribution is -2.34. The predicted molar refractivity (Wildman–Crippen MR) is 87.5 cm³/mol. The van der Waals surface area contributed by atoms with Gasteiger partial charge in [0.15, 0.2) is 0 Å². The molecule has 0 N–H and O–H groups in total. The maximum absolute atomic E-state index is 12.3. The van der Waals surface area contributed by atoms with E-state index >= 15 is 0 Å². The quantitative estimate of drug-likeness (QED) is 0.624. The summed E-state index contributed by atoms with van der Waals surface area (Å²) >= 11 is 0. The Morgan fingerprint density at radius 2 is 1.77 bits per heavy atom. The Morgan fingerprint density at radius 1 is 1.05 bits per heavy atom. The van der Waals surface area contributed by atoms with Gasteiger partial charge in [0.1, 0.15) is 0 Å². The van der Waals surface area contributed by atoms with Crippen LogP contribution in [-0.4, -0.2) is 36.5 Å². The number of benzene rings is 1. The second-order valence-electron chi connectivity index (χ2n) is 5.27. The highest BCUT2D eigenvalue weighted by atomic mass is 16.5. The first-order chi connectivity index (χ1) is 10.7. The van der Waals surface area contributed by atoms with E-state index in [0.717, 1.165) is 19.3 Å². The van der Waals surface area contributed by atoms with Gasteiger partial charge in [0, 0.05) is 19.5 Å². The minimum atomic E-state index is -0.240. The van der Waals surface area contributed by atoms with E-state index in [2.05, 4.69) is 19.1 Å². The molecule has 0 unspecified atom stereocenters. The van der Waals surface area contributed by atoms with Gasteiger partial charge in [0.05, 0.1) is 13.0 Å².